The quantitative estimate of drug-likeness (QED) is 0.451. The number of fused-ring (bicyclic) bond motifs is 2. The molecule has 0 aromatic rings. The molecule has 3 saturated heterocycles. The molecule has 2 atom stereocenters. The molecule has 3 rings (SSSR count). The largest absolute Gasteiger partial charge is 0.310 e. The molecule has 0 aliphatic carbocycles. The molecule has 3 aliphatic heterocycles. The van der Waals surface area contributed by atoms with Crippen LogP contribution in [0.5, 0.6) is 0 Å². The van der Waals surface area contributed by atoms with Crippen LogP contribution in [0.15, 0.2) is 0 Å². The molecule has 7 heavy (non-hydrogen) atoms. The summed E-state index contributed by atoms with van der Waals surface area (Å²) in [5, 5.41) is 3.49. The van der Waals surface area contributed by atoms with Crippen LogP contribution >= 0.6 is 8.58 Å². The number of hydrogen-bond donors (Lipinski definition) is 1. The van der Waals surface area contributed by atoms with Crippen LogP contribution in [-0.4, -0.2) is 24.4 Å². The van der Waals surface area contributed by atoms with E-state index in [2.05, 4.69) is 5.32 Å². The van der Waals surface area contributed by atoms with Crippen molar-refractivity contribution in [3.63, 3.8) is 0 Å². The maximum atomic E-state index is 3.49. The first-order chi connectivity index (χ1) is 3.45. The average Bonchev–Trinajstić information content (AvgIpc) is 1.67. The highest BCUT2D eigenvalue weighted by Crippen LogP contribution is 2.30. The minimum atomic E-state index is 0.942. The molecule has 0 aromatic heterocycles. The maximum absolute atomic E-state index is 3.49. The standard InChI is InChI=1S/C5H10NP/c1-4-2-7-3-5(1)6-4/h4-7H,1-3H2. The summed E-state index contributed by atoms with van der Waals surface area (Å²) >= 11 is 0. The van der Waals surface area contributed by atoms with Crippen LogP contribution in [0.2, 0.25) is 0 Å². The summed E-state index contributed by atoms with van der Waals surface area (Å²) in [6.07, 6.45) is 4.42. The molecule has 0 saturated carbocycles. The van der Waals surface area contributed by atoms with E-state index in [0.29, 0.717) is 0 Å². The summed E-state index contributed by atoms with van der Waals surface area (Å²) in [5.74, 6) is 0. The van der Waals surface area contributed by atoms with Gasteiger partial charge >= 0.3 is 0 Å². The van der Waals surface area contributed by atoms with Gasteiger partial charge < -0.3 is 5.32 Å². The second-order valence-electron chi connectivity index (χ2n) is 2.45. The Hall–Kier alpha value is 0.390. The third-order valence-corrected chi connectivity index (χ3v) is 3.38. The summed E-state index contributed by atoms with van der Waals surface area (Å²) in [6.45, 7) is 0. The lowest BCUT2D eigenvalue weighted by atomic mass is 10.00. The van der Waals surface area contributed by atoms with Gasteiger partial charge in [-0.25, -0.2) is 0 Å². The number of nitrogens with one attached hydrogen (secondary N) is 1. The lowest BCUT2D eigenvalue weighted by molar-refractivity contribution is 0.297. The predicted molar refractivity (Wildman–Crippen MR) is 33.4 cm³/mol. The fourth-order valence-corrected chi connectivity index (χ4v) is 2.80. The van der Waals surface area contributed by atoms with Crippen LogP contribution in [0.1, 0.15) is 6.42 Å². The Balaban J connectivity index is 1.99. The fourth-order valence-electron chi connectivity index (χ4n) is 1.37. The second-order valence-corrected chi connectivity index (χ2v) is 3.77. The zero-order chi connectivity index (χ0) is 4.69. The van der Waals surface area contributed by atoms with Gasteiger partial charge in [0.25, 0.3) is 0 Å². The summed E-state index contributed by atoms with van der Waals surface area (Å²) in [7, 11) is 1.27. The average molecular weight is 115 g/mol. The van der Waals surface area contributed by atoms with Crippen LogP contribution in [-0.2, 0) is 0 Å². The topological polar surface area (TPSA) is 12.0 Å². The van der Waals surface area contributed by atoms with E-state index in [1.165, 1.54) is 27.3 Å². The highest BCUT2D eigenvalue weighted by atomic mass is 31.1. The van der Waals surface area contributed by atoms with Gasteiger partial charge in [0.05, 0.1) is 0 Å². The molecule has 3 heterocycles. The van der Waals surface area contributed by atoms with Gasteiger partial charge in [0.2, 0.25) is 0 Å². The number of rotatable bonds is 0. The molecule has 0 radical (unpaired) electrons. The van der Waals surface area contributed by atoms with Crippen LogP contribution in [0, 0.1) is 0 Å². The molecule has 40 valence electrons. The van der Waals surface area contributed by atoms with E-state index in [9.17, 15) is 0 Å². The van der Waals surface area contributed by atoms with Gasteiger partial charge in [-0.15, -0.1) is 8.58 Å². The second kappa shape index (κ2) is 1.43. The van der Waals surface area contributed by atoms with Crippen molar-refractivity contribution in [3.8, 4) is 0 Å². The Morgan fingerprint density at radius 3 is 2.00 bits per heavy atom. The summed E-state index contributed by atoms with van der Waals surface area (Å²) in [6, 6.07) is 1.88. The first-order valence-corrected chi connectivity index (χ1v) is 4.33. The van der Waals surface area contributed by atoms with Crippen LogP contribution in [0.3, 0.4) is 0 Å². The van der Waals surface area contributed by atoms with Gasteiger partial charge in [0, 0.05) is 12.1 Å². The van der Waals surface area contributed by atoms with Crippen molar-refractivity contribution in [2.75, 3.05) is 12.3 Å². The third-order valence-electron chi connectivity index (χ3n) is 1.82. The Kier molecular flexibility index (Phi) is 0.876. The van der Waals surface area contributed by atoms with Crippen molar-refractivity contribution in [2.24, 2.45) is 0 Å². The first-order valence-electron chi connectivity index (χ1n) is 2.92. The van der Waals surface area contributed by atoms with E-state index < -0.39 is 0 Å². The Morgan fingerprint density at radius 1 is 1.29 bits per heavy atom. The van der Waals surface area contributed by atoms with Crippen molar-refractivity contribution >= 4 is 8.58 Å². The lowest BCUT2D eigenvalue weighted by Gasteiger charge is -2.42. The Morgan fingerprint density at radius 2 is 1.86 bits per heavy atom. The molecular weight excluding hydrogens is 105 g/mol. The predicted octanol–water partition coefficient (Wildman–Crippen LogP) is 0.409. The molecule has 2 bridgehead atoms. The zero-order valence-corrected chi connectivity index (χ0v) is 5.28. The van der Waals surface area contributed by atoms with E-state index in [-0.39, 0.29) is 0 Å². The molecule has 1 N–H and O–H groups in total. The SMILES string of the molecule is C1PCC2CC1N2. The van der Waals surface area contributed by atoms with E-state index in [0.717, 1.165) is 12.1 Å². The van der Waals surface area contributed by atoms with Gasteiger partial charge in [-0.1, -0.05) is 0 Å². The molecule has 0 amide bonds. The molecule has 2 unspecified atom stereocenters. The highest BCUT2D eigenvalue weighted by molar-refractivity contribution is 7.38. The molecule has 0 aromatic carbocycles. The van der Waals surface area contributed by atoms with Crippen molar-refractivity contribution in [1.82, 2.24) is 5.32 Å². The fraction of sp³-hybridized carbons (Fsp3) is 1.00. The highest BCUT2D eigenvalue weighted by Gasteiger charge is 2.31. The van der Waals surface area contributed by atoms with Gasteiger partial charge in [0.15, 0.2) is 0 Å². The van der Waals surface area contributed by atoms with Crippen LogP contribution < -0.4 is 5.32 Å². The Bertz CT molecular complexity index is 64.6. The van der Waals surface area contributed by atoms with E-state index in [1.54, 1.807) is 0 Å². The van der Waals surface area contributed by atoms with Crippen LogP contribution in [0.4, 0.5) is 0 Å². The van der Waals surface area contributed by atoms with Crippen molar-refractivity contribution in [2.45, 2.75) is 18.5 Å². The normalized spacial score (nSPS) is 51.4. The lowest BCUT2D eigenvalue weighted by Crippen LogP contribution is -2.57. The minimum Gasteiger partial charge on any atom is -0.310 e. The molecule has 3 fully saturated rings. The summed E-state index contributed by atoms with van der Waals surface area (Å²) in [4.78, 5) is 0. The van der Waals surface area contributed by atoms with E-state index >= 15 is 0 Å². The van der Waals surface area contributed by atoms with Gasteiger partial charge in [-0.05, 0) is 18.7 Å². The van der Waals surface area contributed by atoms with E-state index in [4.69, 9.17) is 0 Å². The molecule has 2 heteroatoms. The monoisotopic (exact) mass is 115 g/mol. The molecule has 1 nitrogen and oxygen atoms in total. The smallest absolute Gasteiger partial charge is 0.0122 e. The maximum Gasteiger partial charge on any atom is 0.0122 e. The van der Waals surface area contributed by atoms with Crippen LogP contribution in [0.25, 0.3) is 0 Å². The van der Waals surface area contributed by atoms with Gasteiger partial charge in [-0.2, -0.15) is 0 Å². The molecular formula is C5H10NP. The number of hydrogen-bond acceptors (Lipinski definition) is 1. The van der Waals surface area contributed by atoms with Gasteiger partial charge in [-0.3, -0.25) is 0 Å². The minimum absolute atomic E-state index is 0.942. The van der Waals surface area contributed by atoms with Crippen molar-refractivity contribution in [1.29, 1.82) is 0 Å². The summed E-state index contributed by atoms with van der Waals surface area (Å²) in [5.41, 5.74) is 0. The Labute approximate surface area is 45.7 Å². The first kappa shape index (κ1) is 4.29. The molecule has 0 spiro atoms. The molecule has 3 aliphatic rings. The third kappa shape index (κ3) is 0.595. The van der Waals surface area contributed by atoms with Crippen molar-refractivity contribution in [3.05, 3.63) is 0 Å². The van der Waals surface area contributed by atoms with Crippen molar-refractivity contribution < 1.29 is 0 Å². The zero-order valence-electron chi connectivity index (χ0n) is 4.28. The van der Waals surface area contributed by atoms with E-state index in [1.807, 2.05) is 0 Å². The van der Waals surface area contributed by atoms with Gasteiger partial charge in [0.1, 0.15) is 0 Å². The summed E-state index contributed by atoms with van der Waals surface area (Å²) < 4.78 is 0.